The first-order valence-corrected chi connectivity index (χ1v) is 6.33. The molecule has 2 nitrogen and oxygen atoms in total. The van der Waals surface area contributed by atoms with E-state index in [4.69, 9.17) is 5.26 Å². The van der Waals surface area contributed by atoms with Gasteiger partial charge in [0, 0.05) is 12.1 Å². The van der Waals surface area contributed by atoms with Crippen LogP contribution in [0.1, 0.15) is 16.7 Å². The van der Waals surface area contributed by atoms with Crippen LogP contribution in [-0.2, 0) is 13.0 Å². The van der Waals surface area contributed by atoms with Gasteiger partial charge < -0.3 is 5.32 Å². The molecule has 1 N–H and O–H groups in total. The largest absolute Gasteiger partial charge is 0.312 e. The van der Waals surface area contributed by atoms with Crippen LogP contribution in [0.5, 0.6) is 0 Å². The van der Waals surface area contributed by atoms with Gasteiger partial charge in [0.15, 0.2) is 0 Å². The van der Waals surface area contributed by atoms with Crippen LogP contribution < -0.4 is 5.32 Å². The van der Waals surface area contributed by atoms with Crippen molar-refractivity contribution in [3.05, 3.63) is 70.8 Å². The summed E-state index contributed by atoms with van der Waals surface area (Å²) in [5.41, 5.74) is 1.13. The summed E-state index contributed by atoms with van der Waals surface area (Å²) in [6, 6.07) is 13.7. The van der Waals surface area contributed by atoms with Crippen LogP contribution >= 0.6 is 0 Å². The third kappa shape index (κ3) is 3.62. The second-order valence-electron chi connectivity index (χ2n) is 4.44. The van der Waals surface area contributed by atoms with Crippen molar-refractivity contribution >= 4 is 0 Å². The summed E-state index contributed by atoms with van der Waals surface area (Å²) in [5, 5.41) is 11.6. The van der Waals surface area contributed by atoms with Crippen LogP contribution in [0.25, 0.3) is 0 Å². The van der Waals surface area contributed by atoms with E-state index < -0.39 is 11.6 Å². The predicted octanol–water partition coefficient (Wildman–Crippen LogP) is 3.17. The normalized spacial score (nSPS) is 10.2. The van der Waals surface area contributed by atoms with E-state index in [2.05, 4.69) is 5.32 Å². The molecule has 20 heavy (non-hydrogen) atoms. The molecule has 4 heteroatoms. The van der Waals surface area contributed by atoms with E-state index in [-0.39, 0.29) is 17.7 Å². The monoisotopic (exact) mass is 272 g/mol. The van der Waals surface area contributed by atoms with Crippen molar-refractivity contribution in [2.75, 3.05) is 6.54 Å². The van der Waals surface area contributed by atoms with E-state index in [9.17, 15) is 8.78 Å². The number of nitriles is 1. The molecule has 0 heterocycles. The standard InChI is InChI=1S/C16H14F2N2/c17-15-8-13(10-19)9-16(18)14(15)11-20-7-6-12-4-2-1-3-5-12/h1-5,8-9,20H,6-7,11H2. The maximum absolute atomic E-state index is 13.6. The van der Waals surface area contributed by atoms with Gasteiger partial charge in [-0.05, 0) is 30.7 Å². The Morgan fingerprint density at radius 1 is 1.05 bits per heavy atom. The Labute approximate surface area is 116 Å². The average Bonchev–Trinajstić information content (AvgIpc) is 2.46. The molecular formula is C16H14F2N2. The Kier molecular flexibility index (Phi) is 4.80. The summed E-state index contributed by atoms with van der Waals surface area (Å²) in [4.78, 5) is 0. The molecule has 0 aliphatic rings. The number of hydrogen-bond donors (Lipinski definition) is 1. The number of halogens is 2. The van der Waals surface area contributed by atoms with Gasteiger partial charge in [-0.2, -0.15) is 5.26 Å². The summed E-state index contributed by atoms with van der Waals surface area (Å²) in [6.07, 6.45) is 0.792. The van der Waals surface area contributed by atoms with Gasteiger partial charge in [0.1, 0.15) is 11.6 Å². The van der Waals surface area contributed by atoms with Crippen molar-refractivity contribution in [1.29, 1.82) is 5.26 Å². The van der Waals surface area contributed by atoms with Crippen LogP contribution in [0.4, 0.5) is 8.78 Å². The van der Waals surface area contributed by atoms with Crippen molar-refractivity contribution in [2.45, 2.75) is 13.0 Å². The van der Waals surface area contributed by atoms with Crippen molar-refractivity contribution in [3.63, 3.8) is 0 Å². The van der Waals surface area contributed by atoms with E-state index in [1.54, 1.807) is 6.07 Å². The summed E-state index contributed by atoms with van der Waals surface area (Å²) >= 11 is 0. The lowest BCUT2D eigenvalue weighted by atomic mass is 10.1. The highest BCUT2D eigenvalue weighted by atomic mass is 19.1. The minimum atomic E-state index is -0.686. The zero-order chi connectivity index (χ0) is 14.4. The molecule has 0 aliphatic carbocycles. The van der Waals surface area contributed by atoms with Crippen LogP contribution in [0, 0.1) is 23.0 Å². The van der Waals surface area contributed by atoms with Gasteiger partial charge in [0.25, 0.3) is 0 Å². The molecule has 0 fully saturated rings. The molecule has 0 aromatic heterocycles. The smallest absolute Gasteiger partial charge is 0.131 e. The quantitative estimate of drug-likeness (QED) is 0.849. The molecule has 2 aromatic rings. The lowest BCUT2D eigenvalue weighted by Crippen LogP contribution is -2.18. The van der Waals surface area contributed by atoms with Crippen molar-refractivity contribution in [1.82, 2.24) is 5.32 Å². The zero-order valence-electron chi connectivity index (χ0n) is 10.9. The fourth-order valence-electron chi connectivity index (χ4n) is 1.93. The molecule has 0 unspecified atom stereocenters. The fraction of sp³-hybridized carbons (Fsp3) is 0.188. The second-order valence-corrected chi connectivity index (χ2v) is 4.44. The highest BCUT2D eigenvalue weighted by molar-refractivity contribution is 5.34. The second kappa shape index (κ2) is 6.78. The Bertz CT molecular complexity index is 595. The van der Waals surface area contributed by atoms with Crippen molar-refractivity contribution in [2.24, 2.45) is 0 Å². The highest BCUT2D eigenvalue weighted by Gasteiger charge is 2.10. The Morgan fingerprint density at radius 3 is 2.30 bits per heavy atom. The van der Waals surface area contributed by atoms with Gasteiger partial charge in [-0.3, -0.25) is 0 Å². The maximum atomic E-state index is 13.6. The third-order valence-corrected chi connectivity index (χ3v) is 3.01. The molecule has 0 spiro atoms. The molecule has 0 saturated heterocycles. The first-order chi connectivity index (χ1) is 9.70. The molecule has 2 rings (SSSR count). The molecule has 2 aromatic carbocycles. The summed E-state index contributed by atoms with van der Waals surface area (Å²) in [6.45, 7) is 0.735. The van der Waals surface area contributed by atoms with Gasteiger partial charge in [-0.25, -0.2) is 8.78 Å². The van der Waals surface area contributed by atoms with Crippen LogP contribution in [0.3, 0.4) is 0 Å². The molecule has 0 radical (unpaired) electrons. The van der Waals surface area contributed by atoms with E-state index in [1.165, 1.54) is 5.56 Å². The van der Waals surface area contributed by atoms with E-state index in [0.717, 1.165) is 18.6 Å². The Morgan fingerprint density at radius 2 is 1.70 bits per heavy atom. The predicted molar refractivity (Wildman–Crippen MR) is 72.9 cm³/mol. The lowest BCUT2D eigenvalue weighted by molar-refractivity contribution is 0.535. The maximum Gasteiger partial charge on any atom is 0.131 e. The number of rotatable bonds is 5. The van der Waals surface area contributed by atoms with Gasteiger partial charge in [-0.1, -0.05) is 30.3 Å². The molecule has 0 saturated carbocycles. The number of nitrogens with one attached hydrogen (secondary N) is 1. The minimum absolute atomic E-state index is 0.00645. The fourth-order valence-corrected chi connectivity index (χ4v) is 1.93. The lowest BCUT2D eigenvalue weighted by Gasteiger charge is -2.08. The topological polar surface area (TPSA) is 35.8 Å². The Balaban J connectivity index is 1.90. The van der Waals surface area contributed by atoms with E-state index in [0.29, 0.717) is 6.54 Å². The molecular weight excluding hydrogens is 258 g/mol. The SMILES string of the molecule is N#Cc1cc(F)c(CNCCc2ccccc2)c(F)c1. The van der Waals surface area contributed by atoms with Gasteiger partial charge >= 0.3 is 0 Å². The summed E-state index contributed by atoms with van der Waals surface area (Å²) < 4.78 is 27.2. The van der Waals surface area contributed by atoms with E-state index >= 15 is 0 Å². The number of hydrogen-bond acceptors (Lipinski definition) is 2. The van der Waals surface area contributed by atoms with Crippen molar-refractivity contribution < 1.29 is 8.78 Å². The summed E-state index contributed by atoms with van der Waals surface area (Å²) in [5.74, 6) is -1.37. The first-order valence-electron chi connectivity index (χ1n) is 6.33. The third-order valence-electron chi connectivity index (χ3n) is 3.01. The number of benzene rings is 2. The van der Waals surface area contributed by atoms with Crippen LogP contribution in [0.2, 0.25) is 0 Å². The van der Waals surface area contributed by atoms with Gasteiger partial charge in [0.05, 0.1) is 11.6 Å². The zero-order valence-corrected chi connectivity index (χ0v) is 10.9. The number of nitrogens with zero attached hydrogens (tertiary/aromatic N) is 1. The highest BCUT2D eigenvalue weighted by Crippen LogP contribution is 2.14. The van der Waals surface area contributed by atoms with Gasteiger partial charge in [0.2, 0.25) is 0 Å². The van der Waals surface area contributed by atoms with E-state index in [1.807, 2.05) is 30.3 Å². The Hall–Kier alpha value is -2.25. The molecule has 102 valence electrons. The minimum Gasteiger partial charge on any atom is -0.312 e. The average molecular weight is 272 g/mol. The van der Waals surface area contributed by atoms with Gasteiger partial charge in [-0.15, -0.1) is 0 Å². The molecule has 0 atom stereocenters. The molecule has 0 bridgehead atoms. The molecule has 0 amide bonds. The van der Waals surface area contributed by atoms with Crippen LogP contribution in [0.15, 0.2) is 42.5 Å². The van der Waals surface area contributed by atoms with Crippen molar-refractivity contribution in [3.8, 4) is 6.07 Å². The first kappa shape index (κ1) is 14.2. The summed E-state index contributed by atoms with van der Waals surface area (Å²) in [7, 11) is 0. The van der Waals surface area contributed by atoms with Crippen LogP contribution in [-0.4, -0.2) is 6.54 Å². The molecule has 0 aliphatic heterocycles.